The first-order valence-electron chi connectivity index (χ1n) is 10.3. The molecule has 0 spiro atoms. The SMILES string of the molecule is CC(C)c1ccccc1NC(=O)CSc1nnc(-c2ccccc2F)n1-c1ccccc1. The van der Waals surface area contributed by atoms with Crippen molar-refractivity contribution in [3.63, 3.8) is 0 Å². The fraction of sp³-hybridized carbons (Fsp3) is 0.160. The van der Waals surface area contributed by atoms with Crippen LogP contribution in [0.15, 0.2) is 84.0 Å². The van der Waals surface area contributed by atoms with Crippen molar-refractivity contribution in [3.8, 4) is 17.1 Å². The van der Waals surface area contributed by atoms with Gasteiger partial charge in [-0.3, -0.25) is 9.36 Å². The quantitative estimate of drug-likeness (QED) is 0.358. The molecule has 1 N–H and O–H groups in total. The summed E-state index contributed by atoms with van der Waals surface area (Å²) in [5.41, 5.74) is 3.04. The van der Waals surface area contributed by atoms with Gasteiger partial charge in [0.15, 0.2) is 11.0 Å². The molecule has 3 aromatic carbocycles. The van der Waals surface area contributed by atoms with E-state index >= 15 is 0 Å². The molecule has 0 unspecified atom stereocenters. The number of nitrogens with one attached hydrogen (secondary N) is 1. The molecule has 0 saturated heterocycles. The van der Waals surface area contributed by atoms with Crippen LogP contribution in [0.1, 0.15) is 25.3 Å². The molecule has 0 fully saturated rings. The summed E-state index contributed by atoms with van der Waals surface area (Å²) < 4.78 is 16.3. The van der Waals surface area contributed by atoms with Crippen LogP contribution >= 0.6 is 11.8 Å². The van der Waals surface area contributed by atoms with E-state index in [1.165, 1.54) is 17.8 Å². The summed E-state index contributed by atoms with van der Waals surface area (Å²) in [7, 11) is 0. The van der Waals surface area contributed by atoms with E-state index in [1.807, 2.05) is 54.6 Å². The van der Waals surface area contributed by atoms with Crippen LogP contribution in [0.3, 0.4) is 0 Å². The molecule has 162 valence electrons. The van der Waals surface area contributed by atoms with E-state index in [2.05, 4.69) is 29.4 Å². The number of thioether (sulfide) groups is 1. The lowest BCUT2D eigenvalue weighted by atomic mass is 10.0. The van der Waals surface area contributed by atoms with E-state index in [-0.39, 0.29) is 17.5 Å². The minimum absolute atomic E-state index is 0.141. The van der Waals surface area contributed by atoms with Crippen molar-refractivity contribution < 1.29 is 9.18 Å². The number of nitrogens with zero attached hydrogens (tertiary/aromatic N) is 3. The third-order valence-electron chi connectivity index (χ3n) is 4.95. The molecule has 0 aliphatic carbocycles. The molecule has 4 aromatic rings. The predicted molar refractivity (Wildman–Crippen MR) is 127 cm³/mol. The van der Waals surface area contributed by atoms with E-state index in [0.717, 1.165) is 16.9 Å². The monoisotopic (exact) mass is 446 g/mol. The Labute approximate surface area is 190 Å². The number of hydrogen-bond donors (Lipinski definition) is 1. The van der Waals surface area contributed by atoms with Gasteiger partial charge in [-0.05, 0) is 41.8 Å². The highest BCUT2D eigenvalue weighted by molar-refractivity contribution is 7.99. The summed E-state index contributed by atoms with van der Waals surface area (Å²) in [5.74, 6) is 0.315. The van der Waals surface area contributed by atoms with Gasteiger partial charge in [0.1, 0.15) is 5.82 Å². The lowest BCUT2D eigenvalue weighted by Gasteiger charge is -2.14. The molecule has 32 heavy (non-hydrogen) atoms. The van der Waals surface area contributed by atoms with E-state index < -0.39 is 0 Å². The molecular formula is C25H23FN4OS. The van der Waals surface area contributed by atoms with Crippen LogP contribution in [-0.4, -0.2) is 26.4 Å². The third kappa shape index (κ3) is 4.73. The van der Waals surface area contributed by atoms with Crippen molar-refractivity contribution in [2.75, 3.05) is 11.1 Å². The zero-order valence-electron chi connectivity index (χ0n) is 17.8. The van der Waals surface area contributed by atoms with Crippen molar-refractivity contribution >= 4 is 23.4 Å². The van der Waals surface area contributed by atoms with E-state index in [4.69, 9.17) is 0 Å². The van der Waals surface area contributed by atoms with Crippen LogP contribution < -0.4 is 5.32 Å². The highest BCUT2D eigenvalue weighted by Gasteiger charge is 2.19. The fourth-order valence-electron chi connectivity index (χ4n) is 3.42. The molecule has 1 aromatic heterocycles. The Balaban J connectivity index is 1.60. The van der Waals surface area contributed by atoms with Gasteiger partial charge in [-0.1, -0.05) is 74.1 Å². The number of amides is 1. The molecule has 0 radical (unpaired) electrons. The van der Waals surface area contributed by atoms with Crippen LogP contribution in [0.25, 0.3) is 17.1 Å². The second kappa shape index (κ2) is 9.78. The normalized spacial score (nSPS) is 11.0. The molecular weight excluding hydrogens is 423 g/mol. The van der Waals surface area contributed by atoms with Gasteiger partial charge in [0.2, 0.25) is 5.91 Å². The van der Waals surface area contributed by atoms with Crippen LogP contribution in [0.4, 0.5) is 10.1 Å². The van der Waals surface area contributed by atoms with Gasteiger partial charge in [0, 0.05) is 11.4 Å². The van der Waals surface area contributed by atoms with Crippen molar-refractivity contribution in [1.82, 2.24) is 14.8 Å². The van der Waals surface area contributed by atoms with Crippen LogP contribution in [0.2, 0.25) is 0 Å². The molecule has 0 bridgehead atoms. The zero-order valence-corrected chi connectivity index (χ0v) is 18.6. The van der Waals surface area contributed by atoms with Crippen LogP contribution in [0, 0.1) is 5.82 Å². The summed E-state index contributed by atoms with van der Waals surface area (Å²) >= 11 is 1.26. The number of halogens is 1. The first-order valence-corrected chi connectivity index (χ1v) is 11.3. The number of rotatable bonds is 7. The molecule has 7 heteroatoms. The predicted octanol–water partition coefficient (Wildman–Crippen LogP) is 5.93. The summed E-state index contributed by atoms with van der Waals surface area (Å²) in [6, 6.07) is 23.7. The maximum Gasteiger partial charge on any atom is 0.234 e. The Morgan fingerprint density at radius 2 is 1.66 bits per heavy atom. The summed E-state index contributed by atoms with van der Waals surface area (Å²) in [4.78, 5) is 12.7. The summed E-state index contributed by atoms with van der Waals surface area (Å²) in [6.45, 7) is 4.18. The fourth-order valence-corrected chi connectivity index (χ4v) is 4.17. The Morgan fingerprint density at radius 1 is 0.969 bits per heavy atom. The topological polar surface area (TPSA) is 59.8 Å². The second-order valence-corrected chi connectivity index (χ2v) is 8.48. The van der Waals surface area contributed by atoms with Gasteiger partial charge >= 0.3 is 0 Å². The summed E-state index contributed by atoms with van der Waals surface area (Å²) in [6.07, 6.45) is 0. The number of anilines is 1. The highest BCUT2D eigenvalue weighted by Crippen LogP contribution is 2.30. The largest absolute Gasteiger partial charge is 0.325 e. The average Bonchev–Trinajstić information content (AvgIpc) is 3.22. The number of hydrogen-bond acceptors (Lipinski definition) is 4. The van der Waals surface area contributed by atoms with E-state index in [1.54, 1.807) is 22.8 Å². The molecule has 0 aliphatic rings. The van der Waals surface area contributed by atoms with Gasteiger partial charge in [0.25, 0.3) is 0 Å². The van der Waals surface area contributed by atoms with Crippen molar-refractivity contribution in [2.45, 2.75) is 24.9 Å². The standard InChI is InChI=1S/C25H23FN4OS/c1-17(2)19-12-7-9-15-22(19)27-23(31)16-32-25-29-28-24(20-13-6-8-14-21(20)26)30(25)18-10-4-3-5-11-18/h3-15,17H,16H2,1-2H3,(H,27,31). The van der Waals surface area contributed by atoms with Gasteiger partial charge < -0.3 is 5.32 Å². The second-order valence-electron chi connectivity index (χ2n) is 7.54. The Kier molecular flexibility index (Phi) is 6.66. The van der Waals surface area contributed by atoms with E-state index in [0.29, 0.717) is 22.5 Å². The maximum atomic E-state index is 14.5. The first kappa shape index (κ1) is 21.8. The third-order valence-corrected chi connectivity index (χ3v) is 5.88. The van der Waals surface area contributed by atoms with Crippen molar-refractivity contribution in [1.29, 1.82) is 0 Å². The van der Waals surface area contributed by atoms with Gasteiger partial charge in [-0.2, -0.15) is 0 Å². The Hall–Kier alpha value is -3.45. The van der Waals surface area contributed by atoms with Crippen molar-refractivity contribution in [2.24, 2.45) is 0 Å². The van der Waals surface area contributed by atoms with Crippen molar-refractivity contribution in [3.05, 3.63) is 90.2 Å². The molecule has 4 rings (SSSR count). The maximum absolute atomic E-state index is 14.5. The summed E-state index contributed by atoms with van der Waals surface area (Å²) in [5, 5.41) is 12.0. The van der Waals surface area contributed by atoms with Gasteiger partial charge in [-0.15, -0.1) is 10.2 Å². The lowest BCUT2D eigenvalue weighted by Crippen LogP contribution is -2.16. The molecule has 0 saturated carbocycles. The number of aromatic nitrogens is 3. The zero-order chi connectivity index (χ0) is 22.5. The molecule has 0 aliphatic heterocycles. The Morgan fingerprint density at radius 3 is 2.41 bits per heavy atom. The number of carbonyl (C=O) groups excluding carboxylic acids is 1. The highest BCUT2D eigenvalue weighted by atomic mass is 32.2. The van der Waals surface area contributed by atoms with Crippen LogP contribution in [-0.2, 0) is 4.79 Å². The van der Waals surface area contributed by atoms with Gasteiger partial charge in [-0.25, -0.2) is 4.39 Å². The average molecular weight is 447 g/mol. The molecule has 1 amide bonds. The number of para-hydroxylation sites is 2. The van der Waals surface area contributed by atoms with E-state index in [9.17, 15) is 9.18 Å². The minimum atomic E-state index is -0.378. The first-order chi connectivity index (χ1) is 15.5. The minimum Gasteiger partial charge on any atom is -0.325 e. The number of benzene rings is 3. The van der Waals surface area contributed by atoms with Gasteiger partial charge in [0.05, 0.1) is 11.3 Å². The molecule has 5 nitrogen and oxygen atoms in total. The lowest BCUT2D eigenvalue weighted by molar-refractivity contribution is -0.113. The van der Waals surface area contributed by atoms with Crippen LogP contribution in [0.5, 0.6) is 0 Å². The smallest absolute Gasteiger partial charge is 0.234 e. The number of carbonyl (C=O) groups is 1. The molecule has 1 heterocycles. The Bertz CT molecular complexity index is 1220. The molecule has 0 atom stereocenters.